The average molecular weight is 417 g/mol. The highest BCUT2D eigenvalue weighted by Crippen LogP contribution is 2.30. The number of aromatic nitrogens is 5. The fourth-order valence-electron chi connectivity index (χ4n) is 2.76. The molecule has 10 heteroatoms. The smallest absolute Gasteiger partial charge is 0.298 e. The van der Waals surface area contributed by atoms with Gasteiger partial charge in [-0.3, -0.25) is 14.5 Å². The summed E-state index contributed by atoms with van der Waals surface area (Å²) >= 11 is 1.33. The van der Waals surface area contributed by atoms with Crippen molar-refractivity contribution >= 4 is 22.7 Å². The van der Waals surface area contributed by atoms with E-state index < -0.39 is 11.7 Å². The number of hydrogen-bond donors (Lipinski definition) is 1. The molecule has 2 aromatic carbocycles. The second kappa shape index (κ2) is 7.70. The molecule has 4 rings (SSSR count). The maximum atomic E-state index is 12.7. The number of H-pyrrole nitrogens is 1. The van der Waals surface area contributed by atoms with Gasteiger partial charge in [0, 0.05) is 17.9 Å². The molecule has 0 spiro atoms. The Kier molecular flexibility index (Phi) is 5.10. The molecule has 6 nitrogen and oxygen atoms in total. The van der Waals surface area contributed by atoms with Gasteiger partial charge in [-0.25, -0.2) is 9.97 Å². The molecule has 4 aromatic rings. The van der Waals surface area contributed by atoms with Crippen LogP contribution in [0.3, 0.4) is 0 Å². The average Bonchev–Trinajstić information content (AvgIpc) is 3.18. The third-order valence-corrected chi connectivity index (χ3v) is 5.07. The van der Waals surface area contributed by atoms with Crippen molar-refractivity contribution in [3.05, 3.63) is 70.8 Å². The zero-order valence-corrected chi connectivity index (χ0v) is 15.7. The number of benzene rings is 2. The van der Waals surface area contributed by atoms with Crippen molar-refractivity contribution in [2.24, 2.45) is 0 Å². The van der Waals surface area contributed by atoms with Gasteiger partial charge in [-0.05, 0) is 24.3 Å². The molecule has 0 fully saturated rings. The lowest BCUT2D eigenvalue weighted by atomic mass is 10.1. The number of aryl methyl sites for hydroxylation is 1. The van der Waals surface area contributed by atoms with Gasteiger partial charge < -0.3 is 0 Å². The first-order valence-corrected chi connectivity index (χ1v) is 9.57. The van der Waals surface area contributed by atoms with Crippen LogP contribution in [0.25, 0.3) is 22.3 Å². The molecule has 0 radical (unpaired) electrons. The van der Waals surface area contributed by atoms with Crippen LogP contribution in [0.5, 0.6) is 0 Å². The van der Waals surface area contributed by atoms with Crippen LogP contribution in [0.4, 0.5) is 13.2 Å². The Morgan fingerprint density at radius 3 is 2.59 bits per heavy atom. The molecule has 0 bridgehead atoms. The fraction of sp³-hybridized carbons (Fsp3) is 0.158. The van der Waals surface area contributed by atoms with Gasteiger partial charge in [0.1, 0.15) is 0 Å². The van der Waals surface area contributed by atoms with Crippen molar-refractivity contribution in [3.63, 3.8) is 0 Å². The van der Waals surface area contributed by atoms with Crippen molar-refractivity contribution in [3.8, 4) is 11.4 Å². The number of nitrogens with zero attached hydrogens (tertiary/aromatic N) is 4. The maximum absolute atomic E-state index is 12.7. The first kappa shape index (κ1) is 19.2. The molecule has 0 unspecified atom stereocenters. The summed E-state index contributed by atoms with van der Waals surface area (Å²) in [4.78, 5) is 21.0. The third-order valence-electron chi connectivity index (χ3n) is 4.25. The molecular formula is C19H14F3N5OS. The Labute approximate surface area is 166 Å². The number of alkyl halides is 3. The lowest BCUT2D eigenvalue weighted by Crippen LogP contribution is -2.21. The zero-order valence-electron chi connectivity index (χ0n) is 14.8. The van der Waals surface area contributed by atoms with Crippen LogP contribution >= 0.6 is 11.8 Å². The van der Waals surface area contributed by atoms with Crippen molar-refractivity contribution in [1.82, 2.24) is 24.7 Å². The zero-order chi connectivity index (χ0) is 20.4. The molecule has 2 heterocycles. The molecule has 0 amide bonds. The molecular weight excluding hydrogens is 403 g/mol. The van der Waals surface area contributed by atoms with Gasteiger partial charge >= 0.3 is 6.18 Å². The summed E-state index contributed by atoms with van der Waals surface area (Å²) in [6, 6.07) is 11.8. The van der Waals surface area contributed by atoms with Gasteiger partial charge in [0.25, 0.3) is 5.56 Å². The minimum absolute atomic E-state index is 0.114. The van der Waals surface area contributed by atoms with E-state index in [0.29, 0.717) is 39.7 Å². The normalized spacial score (nSPS) is 11.8. The molecule has 0 aliphatic heterocycles. The minimum atomic E-state index is -4.38. The monoisotopic (exact) mass is 417 g/mol. The molecule has 2 aromatic heterocycles. The molecule has 1 N–H and O–H groups in total. The number of rotatable bonds is 5. The van der Waals surface area contributed by atoms with E-state index in [4.69, 9.17) is 0 Å². The molecule has 0 saturated heterocycles. The summed E-state index contributed by atoms with van der Waals surface area (Å²) in [5.41, 5.74) is 0.324. The van der Waals surface area contributed by atoms with Crippen LogP contribution in [-0.4, -0.2) is 30.5 Å². The number of nitrogens with one attached hydrogen (secondary N) is 1. The van der Waals surface area contributed by atoms with Crippen LogP contribution in [0, 0.1) is 0 Å². The van der Waals surface area contributed by atoms with Crippen LogP contribution in [0.1, 0.15) is 5.56 Å². The lowest BCUT2D eigenvalue weighted by molar-refractivity contribution is -0.137. The number of para-hydroxylation sites is 1. The van der Waals surface area contributed by atoms with Gasteiger partial charge in [-0.15, -0.1) is 5.10 Å². The SMILES string of the molecule is O=c1c2ccccc2ncn1CCSc1n[nH]c(-c2ccc(C(F)(F)F)cc2)n1. The predicted molar refractivity (Wildman–Crippen MR) is 104 cm³/mol. The molecule has 29 heavy (non-hydrogen) atoms. The summed E-state index contributed by atoms with van der Waals surface area (Å²) in [7, 11) is 0. The lowest BCUT2D eigenvalue weighted by Gasteiger charge is -2.06. The quantitative estimate of drug-likeness (QED) is 0.497. The predicted octanol–water partition coefficient (Wildman–Crippen LogP) is 3.99. The van der Waals surface area contributed by atoms with Gasteiger partial charge in [0.2, 0.25) is 5.16 Å². The summed E-state index contributed by atoms with van der Waals surface area (Å²) in [6.07, 6.45) is -2.87. The topological polar surface area (TPSA) is 76.5 Å². The summed E-state index contributed by atoms with van der Waals surface area (Å²) < 4.78 is 39.5. The largest absolute Gasteiger partial charge is 0.416 e. The number of aromatic amines is 1. The Bertz CT molecular complexity index is 1200. The van der Waals surface area contributed by atoms with Crippen molar-refractivity contribution in [2.45, 2.75) is 17.9 Å². The number of halogens is 3. The summed E-state index contributed by atoms with van der Waals surface area (Å²) in [5, 5.41) is 7.79. The Hall–Kier alpha value is -3.14. The third kappa shape index (κ3) is 4.16. The Morgan fingerprint density at radius 2 is 1.83 bits per heavy atom. The van der Waals surface area contributed by atoms with E-state index in [2.05, 4.69) is 20.2 Å². The standard InChI is InChI=1S/C19H14F3N5OS/c20-19(21,22)13-7-5-12(6-8-13)16-24-18(26-25-16)29-10-9-27-11-23-15-4-2-1-3-14(15)17(27)28/h1-8,11H,9-10H2,(H,24,25,26). The van der Waals surface area contributed by atoms with Crippen LogP contribution in [-0.2, 0) is 12.7 Å². The summed E-state index contributed by atoms with van der Waals surface area (Å²) in [6.45, 7) is 0.422. The van der Waals surface area contributed by atoms with E-state index in [9.17, 15) is 18.0 Å². The van der Waals surface area contributed by atoms with Gasteiger partial charge in [0.15, 0.2) is 5.82 Å². The van der Waals surface area contributed by atoms with E-state index in [1.165, 1.54) is 34.8 Å². The fourth-order valence-corrected chi connectivity index (χ4v) is 3.49. The van der Waals surface area contributed by atoms with Crippen LogP contribution < -0.4 is 5.56 Å². The number of hydrogen-bond acceptors (Lipinski definition) is 5. The minimum Gasteiger partial charge on any atom is -0.298 e. The van der Waals surface area contributed by atoms with Gasteiger partial charge in [-0.2, -0.15) is 13.2 Å². The van der Waals surface area contributed by atoms with E-state index in [1.54, 1.807) is 18.2 Å². The molecule has 0 saturated carbocycles. The van der Waals surface area contributed by atoms with Gasteiger partial charge in [0.05, 0.1) is 22.8 Å². The van der Waals surface area contributed by atoms with E-state index in [-0.39, 0.29) is 5.56 Å². The highest BCUT2D eigenvalue weighted by Gasteiger charge is 2.30. The van der Waals surface area contributed by atoms with Crippen molar-refractivity contribution in [2.75, 3.05) is 5.75 Å². The van der Waals surface area contributed by atoms with Crippen LogP contribution in [0.15, 0.2) is 64.8 Å². The first-order chi connectivity index (χ1) is 13.9. The Morgan fingerprint density at radius 1 is 1.07 bits per heavy atom. The van der Waals surface area contributed by atoms with Crippen molar-refractivity contribution < 1.29 is 13.2 Å². The Balaban J connectivity index is 1.41. The number of thioether (sulfide) groups is 1. The second-order valence-electron chi connectivity index (χ2n) is 6.15. The van der Waals surface area contributed by atoms with Gasteiger partial charge in [-0.1, -0.05) is 36.0 Å². The molecule has 0 atom stereocenters. The van der Waals surface area contributed by atoms with E-state index >= 15 is 0 Å². The second-order valence-corrected chi connectivity index (χ2v) is 7.21. The molecule has 0 aliphatic carbocycles. The molecule has 148 valence electrons. The number of fused-ring (bicyclic) bond motifs is 1. The van der Waals surface area contributed by atoms with Crippen molar-refractivity contribution in [1.29, 1.82) is 0 Å². The van der Waals surface area contributed by atoms with E-state index in [0.717, 1.165) is 12.1 Å². The maximum Gasteiger partial charge on any atom is 0.416 e. The highest BCUT2D eigenvalue weighted by atomic mass is 32.2. The first-order valence-electron chi connectivity index (χ1n) is 8.59. The molecule has 0 aliphatic rings. The highest BCUT2D eigenvalue weighted by molar-refractivity contribution is 7.99. The van der Waals surface area contributed by atoms with Crippen LogP contribution in [0.2, 0.25) is 0 Å². The van der Waals surface area contributed by atoms with E-state index in [1.807, 2.05) is 6.07 Å². The summed E-state index contributed by atoms with van der Waals surface area (Å²) in [5.74, 6) is 0.912.